The Labute approximate surface area is 299 Å². The minimum absolute atomic E-state index is 0.0215. The SMILES string of the molecule is C/C(=C\C=C\[C@@H](C)COC(=O)N1CC[C@@H](C)C1)[C@H]1OC(=O)C[C@@H](O)CC[C@](C)(O)[C@@H](OC(=O)N2CCN(C3CCCCCC3)CC2)/C=C/[C@@H]1C. The van der Waals surface area contributed by atoms with Gasteiger partial charge < -0.3 is 34.2 Å². The normalized spacial score (nSPS) is 32.8. The van der Waals surface area contributed by atoms with Crippen molar-refractivity contribution in [3.63, 3.8) is 0 Å². The van der Waals surface area contributed by atoms with Crippen molar-refractivity contribution < 1.29 is 38.8 Å². The standard InChI is InChI=1S/C39H63N3O8/c1-28-18-20-42(26-28)37(45)48-27-29(2)11-10-12-30(3)36-31(4)15-16-34(39(5,47)19-17-33(43)25-35(44)50-36)49-38(46)41-23-21-40(22-24-41)32-13-8-6-7-9-14-32/h10-12,15-16,28-29,31-34,36,43,47H,6-9,13-14,17-27H2,1-5H3/b11-10+,16-15+,30-12+/t28-,29-,31+,33+,34+,36-,39+/m1/s1. The van der Waals surface area contributed by atoms with Gasteiger partial charge in [-0.05, 0) is 63.5 Å². The van der Waals surface area contributed by atoms with Crippen LogP contribution in [0.1, 0.15) is 98.8 Å². The van der Waals surface area contributed by atoms with Crippen LogP contribution in [0.4, 0.5) is 9.59 Å². The van der Waals surface area contributed by atoms with Gasteiger partial charge in [0.15, 0.2) is 6.10 Å². The van der Waals surface area contributed by atoms with Crippen molar-refractivity contribution in [2.75, 3.05) is 45.9 Å². The van der Waals surface area contributed by atoms with E-state index in [1.807, 2.05) is 45.1 Å². The van der Waals surface area contributed by atoms with Gasteiger partial charge in [-0.25, -0.2) is 9.59 Å². The lowest BCUT2D eigenvalue weighted by molar-refractivity contribution is -0.151. The molecule has 11 heteroatoms. The Bertz CT molecular complexity index is 1200. The Balaban J connectivity index is 1.39. The van der Waals surface area contributed by atoms with E-state index in [4.69, 9.17) is 14.2 Å². The lowest BCUT2D eigenvalue weighted by Crippen LogP contribution is -2.53. The predicted molar refractivity (Wildman–Crippen MR) is 192 cm³/mol. The minimum Gasteiger partial charge on any atom is -0.457 e. The number of nitrogens with zero attached hydrogens (tertiary/aromatic N) is 3. The van der Waals surface area contributed by atoms with Gasteiger partial charge in [0.05, 0.1) is 19.1 Å². The number of hydrogen-bond donors (Lipinski definition) is 2. The first-order chi connectivity index (χ1) is 23.8. The number of likely N-dealkylation sites (tertiary alicyclic amines) is 1. The van der Waals surface area contributed by atoms with Crippen LogP contribution in [0.5, 0.6) is 0 Å². The molecule has 1 aliphatic carbocycles. The maximum absolute atomic E-state index is 13.4. The average Bonchev–Trinajstić information content (AvgIpc) is 3.34. The molecule has 3 aliphatic heterocycles. The molecule has 0 aromatic heterocycles. The quantitative estimate of drug-likeness (QED) is 0.110. The summed E-state index contributed by atoms with van der Waals surface area (Å²) in [5, 5.41) is 22.2. The number of esters is 1. The van der Waals surface area contributed by atoms with Crippen LogP contribution in [0.2, 0.25) is 0 Å². The van der Waals surface area contributed by atoms with Gasteiger partial charge in [0, 0.05) is 57.1 Å². The van der Waals surface area contributed by atoms with Crippen LogP contribution in [-0.2, 0) is 19.0 Å². The molecule has 0 unspecified atom stereocenters. The van der Waals surface area contributed by atoms with E-state index in [2.05, 4.69) is 11.8 Å². The van der Waals surface area contributed by atoms with Gasteiger partial charge in [-0.2, -0.15) is 0 Å². The zero-order valence-corrected chi connectivity index (χ0v) is 31.1. The molecule has 0 aromatic carbocycles. The van der Waals surface area contributed by atoms with Crippen molar-refractivity contribution in [3.8, 4) is 0 Å². The van der Waals surface area contributed by atoms with Crippen LogP contribution < -0.4 is 0 Å². The first kappa shape index (κ1) is 39.9. The molecule has 11 nitrogen and oxygen atoms in total. The zero-order valence-electron chi connectivity index (χ0n) is 31.1. The second kappa shape index (κ2) is 19.1. The highest BCUT2D eigenvalue weighted by Gasteiger charge is 2.37. The molecule has 0 bridgehead atoms. The topological polar surface area (TPSA) is 129 Å². The Morgan fingerprint density at radius 1 is 1.00 bits per heavy atom. The number of amides is 2. The minimum atomic E-state index is -1.46. The Morgan fingerprint density at radius 2 is 1.70 bits per heavy atom. The van der Waals surface area contributed by atoms with E-state index >= 15 is 0 Å². The summed E-state index contributed by atoms with van der Waals surface area (Å²) in [6, 6.07) is 0.588. The number of hydrogen-bond acceptors (Lipinski definition) is 9. The van der Waals surface area contributed by atoms with Crippen molar-refractivity contribution in [1.29, 1.82) is 0 Å². The summed E-state index contributed by atoms with van der Waals surface area (Å²) in [4.78, 5) is 44.7. The van der Waals surface area contributed by atoms with Crippen molar-refractivity contribution in [1.82, 2.24) is 14.7 Å². The first-order valence-electron chi connectivity index (χ1n) is 19.1. The van der Waals surface area contributed by atoms with Crippen LogP contribution >= 0.6 is 0 Å². The lowest BCUT2D eigenvalue weighted by Gasteiger charge is -2.40. The summed E-state index contributed by atoms with van der Waals surface area (Å²) >= 11 is 0. The highest BCUT2D eigenvalue weighted by Crippen LogP contribution is 2.28. The van der Waals surface area contributed by atoms with Crippen molar-refractivity contribution in [3.05, 3.63) is 36.0 Å². The molecule has 50 heavy (non-hydrogen) atoms. The molecule has 4 rings (SSSR count). The van der Waals surface area contributed by atoms with E-state index in [-0.39, 0.29) is 43.8 Å². The van der Waals surface area contributed by atoms with Crippen molar-refractivity contribution in [2.45, 2.75) is 129 Å². The molecule has 0 aromatic rings. The van der Waals surface area contributed by atoms with Gasteiger partial charge in [0.1, 0.15) is 11.7 Å². The second-order valence-corrected chi connectivity index (χ2v) is 15.6. The summed E-state index contributed by atoms with van der Waals surface area (Å²) < 4.78 is 17.4. The maximum Gasteiger partial charge on any atom is 0.410 e. The Morgan fingerprint density at radius 3 is 2.36 bits per heavy atom. The number of aliphatic hydroxyl groups is 2. The lowest BCUT2D eigenvalue weighted by atomic mass is 9.89. The van der Waals surface area contributed by atoms with Gasteiger partial charge in [0.25, 0.3) is 0 Å². The summed E-state index contributed by atoms with van der Waals surface area (Å²) in [6.07, 6.45) is 14.5. The van der Waals surface area contributed by atoms with E-state index < -0.39 is 36.0 Å². The van der Waals surface area contributed by atoms with E-state index in [9.17, 15) is 24.6 Å². The summed E-state index contributed by atoms with van der Waals surface area (Å²) in [7, 11) is 0. The van der Waals surface area contributed by atoms with Crippen LogP contribution in [0.3, 0.4) is 0 Å². The fourth-order valence-corrected chi connectivity index (χ4v) is 7.47. The van der Waals surface area contributed by atoms with Crippen LogP contribution in [0.15, 0.2) is 36.0 Å². The van der Waals surface area contributed by atoms with E-state index in [0.717, 1.165) is 38.2 Å². The zero-order chi connectivity index (χ0) is 36.3. The maximum atomic E-state index is 13.4. The van der Waals surface area contributed by atoms with Crippen LogP contribution in [-0.4, -0.2) is 119 Å². The van der Waals surface area contributed by atoms with Gasteiger partial charge in [-0.1, -0.05) is 70.8 Å². The predicted octanol–water partition coefficient (Wildman–Crippen LogP) is 5.85. The van der Waals surface area contributed by atoms with Gasteiger partial charge in [-0.3, -0.25) is 9.69 Å². The Kier molecular flexibility index (Phi) is 15.2. The first-order valence-corrected chi connectivity index (χ1v) is 19.1. The summed E-state index contributed by atoms with van der Waals surface area (Å²) in [5.41, 5.74) is -0.686. The van der Waals surface area contributed by atoms with Crippen molar-refractivity contribution >= 4 is 18.2 Å². The molecule has 7 atom stereocenters. The van der Waals surface area contributed by atoms with Gasteiger partial charge >= 0.3 is 18.2 Å². The van der Waals surface area contributed by atoms with Crippen LogP contribution in [0.25, 0.3) is 0 Å². The molecule has 0 spiro atoms. The largest absolute Gasteiger partial charge is 0.457 e. The van der Waals surface area contributed by atoms with E-state index in [1.54, 1.807) is 22.8 Å². The number of allylic oxidation sites excluding steroid dienone is 2. The second-order valence-electron chi connectivity index (χ2n) is 15.6. The molecule has 0 radical (unpaired) electrons. The highest BCUT2D eigenvalue weighted by atomic mass is 16.6. The molecule has 4 aliphatic rings. The third-order valence-electron chi connectivity index (χ3n) is 10.9. The fourth-order valence-electron chi connectivity index (χ4n) is 7.47. The average molecular weight is 702 g/mol. The molecule has 3 heterocycles. The molecule has 2 saturated heterocycles. The molecule has 1 saturated carbocycles. The number of carbonyl (C=O) groups is 3. The molecule has 3 fully saturated rings. The third-order valence-corrected chi connectivity index (χ3v) is 10.9. The monoisotopic (exact) mass is 701 g/mol. The van der Waals surface area contributed by atoms with Gasteiger partial charge in [0.2, 0.25) is 0 Å². The smallest absolute Gasteiger partial charge is 0.410 e. The van der Waals surface area contributed by atoms with Crippen LogP contribution in [0, 0.1) is 17.8 Å². The van der Waals surface area contributed by atoms with Gasteiger partial charge in [-0.15, -0.1) is 0 Å². The van der Waals surface area contributed by atoms with Crippen molar-refractivity contribution in [2.24, 2.45) is 17.8 Å². The number of aliphatic hydroxyl groups excluding tert-OH is 1. The number of piperazine rings is 1. The number of ether oxygens (including phenoxy) is 3. The summed E-state index contributed by atoms with van der Waals surface area (Å²) in [5.74, 6) is -0.385. The molecular formula is C39H63N3O8. The molecular weight excluding hydrogens is 638 g/mol. The van der Waals surface area contributed by atoms with E-state index in [1.165, 1.54) is 38.5 Å². The number of cyclic esters (lactones) is 1. The number of rotatable bonds is 7. The Hall–Kier alpha value is -2.89. The fraction of sp³-hybridized carbons (Fsp3) is 0.769. The van der Waals surface area contributed by atoms with E-state index in [0.29, 0.717) is 25.0 Å². The molecule has 282 valence electrons. The highest BCUT2D eigenvalue weighted by molar-refractivity contribution is 5.70. The molecule has 2 amide bonds. The number of carbonyl (C=O) groups excluding carboxylic acids is 3. The summed E-state index contributed by atoms with van der Waals surface area (Å²) in [6.45, 7) is 14.0. The third kappa shape index (κ3) is 12.1. The molecule has 2 N–H and O–H groups in total.